The van der Waals surface area contributed by atoms with Crippen LogP contribution >= 0.6 is 0 Å². The van der Waals surface area contributed by atoms with Crippen LogP contribution in [0, 0.1) is 10.1 Å². The third-order valence-corrected chi connectivity index (χ3v) is 5.66. The van der Waals surface area contributed by atoms with E-state index in [1.807, 2.05) is 0 Å². The van der Waals surface area contributed by atoms with Crippen LogP contribution in [-0.2, 0) is 0 Å². The van der Waals surface area contributed by atoms with E-state index in [2.05, 4.69) is 12.2 Å². The summed E-state index contributed by atoms with van der Waals surface area (Å²) < 4.78 is 0. The van der Waals surface area contributed by atoms with E-state index in [0.29, 0.717) is 12.1 Å². The van der Waals surface area contributed by atoms with Crippen molar-refractivity contribution in [1.82, 2.24) is 5.32 Å². The summed E-state index contributed by atoms with van der Waals surface area (Å²) in [5.74, 6) is -0.161. The molecule has 0 aliphatic heterocycles. The first kappa shape index (κ1) is 26.1. The van der Waals surface area contributed by atoms with E-state index in [0.717, 1.165) is 12.8 Å². The van der Waals surface area contributed by atoms with E-state index in [4.69, 9.17) is 0 Å². The maximum Gasteiger partial charge on any atom is 0.269 e. The molecule has 1 aromatic carbocycles. The van der Waals surface area contributed by atoms with Crippen molar-refractivity contribution in [2.75, 3.05) is 6.54 Å². The first-order valence-corrected chi connectivity index (χ1v) is 12.2. The Hall–Kier alpha value is -1.91. The van der Waals surface area contributed by atoms with Gasteiger partial charge in [0.1, 0.15) is 0 Å². The molecule has 0 radical (unpaired) electrons. The lowest BCUT2D eigenvalue weighted by Gasteiger charge is -2.06. The van der Waals surface area contributed by atoms with Crippen molar-refractivity contribution >= 4 is 11.6 Å². The maximum absolute atomic E-state index is 12.0. The summed E-state index contributed by atoms with van der Waals surface area (Å²) in [5.41, 5.74) is 0.474. The van der Waals surface area contributed by atoms with Gasteiger partial charge in [-0.25, -0.2) is 0 Å². The van der Waals surface area contributed by atoms with Gasteiger partial charge in [0, 0.05) is 24.2 Å². The second kappa shape index (κ2) is 17.9. The van der Waals surface area contributed by atoms with Crippen molar-refractivity contribution in [1.29, 1.82) is 0 Å². The van der Waals surface area contributed by atoms with Crippen molar-refractivity contribution in [2.45, 2.75) is 110 Å². The first-order chi connectivity index (χ1) is 14.6. The number of nitro groups is 1. The van der Waals surface area contributed by atoms with Crippen molar-refractivity contribution in [3.63, 3.8) is 0 Å². The summed E-state index contributed by atoms with van der Waals surface area (Å²) in [6, 6.07) is 5.73. The van der Waals surface area contributed by atoms with Crippen LogP contribution in [0.1, 0.15) is 120 Å². The highest BCUT2D eigenvalue weighted by Gasteiger charge is 2.08. The minimum atomic E-state index is -0.460. The quantitative estimate of drug-likeness (QED) is 0.143. The van der Waals surface area contributed by atoms with Gasteiger partial charge in [0.2, 0.25) is 0 Å². The van der Waals surface area contributed by atoms with E-state index in [1.54, 1.807) is 0 Å². The Morgan fingerprint density at radius 1 is 0.733 bits per heavy atom. The van der Waals surface area contributed by atoms with Gasteiger partial charge in [-0.15, -0.1) is 0 Å². The predicted octanol–water partition coefficient (Wildman–Crippen LogP) is 7.59. The van der Waals surface area contributed by atoms with E-state index in [-0.39, 0.29) is 11.6 Å². The van der Waals surface area contributed by atoms with Crippen LogP contribution in [0.15, 0.2) is 24.3 Å². The molecule has 1 aromatic rings. The van der Waals surface area contributed by atoms with Gasteiger partial charge in [-0.05, 0) is 18.6 Å². The number of rotatable bonds is 19. The molecule has 1 amide bonds. The number of hydrogen-bond donors (Lipinski definition) is 1. The average Bonchev–Trinajstić information content (AvgIpc) is 2.75. The van der Waals surface area contributed by atoms with Crippen LogP contribution in [0.25, 0.3) is 0 Å². The molecule has 0 atom stereocenters. The van der Waals surface area contributed by atoms with Crippen LogP contribution < -0.4 is 5.32 Å². The summed E-state index contributed by atoms with van der Waals surface area (Å²) in [7, 11) is 0. The lowest BCUT2D eigenvalue weighted by Crippen LogP contribution is -2.24. The number of hydrogen-bond acceptors (Lipinski definition) is 3. The summed E-state index contributed by atoms with van der Waals surface area (Å²) >= 11 is 0. The molecule has 0 aliphatic carbocycles. The highest BCUT2D eigenvalue weighted by molar-refractivity contribution is 5.94. The molecule has 5 nitrogen and oxygen atoms in total. The summed E-state index contributed by atoms with van der Waals surface area (Å²) in [6.07, 6.45) is 21.3. The van der Waals surface area contributed by atoms with E-state index >= 15 is 0 Å². The zero-order valence-electron chi connectivity index (χ0n) is 19.0. The molecule has 1 rings (SSSR count). The molecule has 0 unspecified atom stereocenters. The van der Waals surface area contributed by atoms with Gasteiger partial charge in [0.15, 0.2) is 0 Å². The SMILES string of the molecule is CCCCCCCCCCCCCCCCCCNC(=O)c1ccc([N+](=O)[O-])cc1. The third-order valence-electron chi connectivity index (χ3n) is 5.66. The minimum Gasteiger partial charge on any atom is -0.352 e. The maximum atomic E-state index is 12.0. The molecular formula is C25H42N2O3. The minimum absolute atomic E-state index is 0.00403. The highest BCUT2D eigenvalue weighted by atomic mass is 16.6. The number of carbonyl (C=O) groups excluding carboxylic acids is 1. The van der Waals surface area contributed by atoms with Crippen LogP contribution in [-0.4, -0.2) is 17.4 Å². The number of unbranched alkanes of at least 4 members (excludes halogenated alkanes) is 15. The molecule has 0 spiro atoms. The highest BCUT2D eigenvalue weighted by Crippen LogP contribution is 2.14. The Kier molecular flexibility index (Phi) is 15.6. The molecular weight excluding hydrogens is 376 g/mol. The van der Waals surface area contributed by atoms with Gasteiger partial charge >= 0.3 is 0 Å². The van der Waals surface area contributed by atoms with E-state index < -0.39 is 4.92 Å². The first-order valence-electron chi connectivity index (χ1n) is 12.2. The van der Waals surface area contributed by atoms with Gasteiger partial charge in [-0.2, -0.15) is 0 Å². The van der Waals surface area contributed by atoms with Gasteiger partial charge in [0.05, 0.1) is 4.92 Å². The number of nitrogens with one attached hydrogen (secondary N) is 1. The fourth-order valence-corrected chi connectivity index (χ4v) is 3.71. The lowest BCUT2D eigenvalue weighted by atomic mass is 10.0. The topological polar surface area (TPSA) is 72.2 Å². The molecule has 0 aromatic heterocycles. The monoisotopic (exact) mass is 418 g/mol. The molecule has 0 saturated heterocycles. The molecule has 170 valence electrons. The number of carbonyl (C=O) groups is 1. The Labute approximate surface area is 183 Å². The molecule has 5 heteroatoms. The molecule has 30 heavy (non-hydrogen) atoms. The molecule has 0 aliphatic rings. The fraction of sp³-hybridized carbons (Fsp3) is 0.720. The Balaban J connectivity index is 1.85. The van der Waals surface area contributed by atoms with Crippen molar-refractivity contribution < 1.29 is 9.72 Å². The zero-order valence-corrected chi connectivity index (χ0v) is 19.0. The smallest absolute Gasteiger partial charge is 0.269 e. The van der Waals surface area contributed by atoms with Gasteiger partial charge in [-0.1, -0.05) is 103 Å². The normalized spacial score (nSPS) is 10.8. The predicted molar refractivity (Wildman–Crippen MR) is 125 cm³/mol. The lowest BCUT2D eigenvalue weighted by molar-refractivity contribution is -0.384. The van der Waals surface area contributed by atoms with Crippen LogP contribution in [0.4, 0.5) is 5.69 Å². The van der Waals surface area contributed by atoms with E-state index in [1.165, 1.54) is 114 Å². The number of benzene rings is 1. The number of non-ortho nitro benzene ring substituents is 1. The Bertz CT molecular complexity index is 572. The molecule has 1 N–H and O–H groups in total. The fourth-order valence-electron chi connectivity index (χ4n) is 3.71. The third kappa shape index (κ3) is 13.3. The molecule has 0 saturated carbocycles. The van der Waals surface area contributed by atoms with Crippen LogP contribution in [0.5, 0.6) is 0 Å². The second-order valence-electron chi connectivity index (χ2n) is 8.36. The number of amides is 1. The number of nitrogens with zero attached hydrogens (tertiary/aromatic N) is 1. The van der Waals surface area contributed by atoms with Crippen LogP contribution in [0.3, 0.4) is 0 Å². The Morgan fingerprint density at radius 2 is 1.13 bits per heavy atom. The van der Waals surface area contributed by atoms with Gasteiger partial charge < -0.3 is 5.32 Å². The van der Waals surface area contributed by atoms with Crippen molar-refractivity contribution in [3.05, 3.63) is 39.9 Å². The van der Waals surface area contributed by atoms with Crippen LogP contribution in [0.2, 0.25) is 0 Å². The molecule has 0 heterocycles. The summed E-state index contributed by atoms with van der Waals surface area (Å²) in [4.78, 5) is 22.2. The van der Waals surface area contributed by atoms with Gasteiger partial charge in [0.25, 0.3) is 11.6 Å². The van der Waals surface area contributed by atoms with E-state index in [9.17, 15) is 14.9 Å². The Morgan fingerprint density at radius 3 is 1.53 bits per heavy atom. The van der Waals surface area contributed by atoms with Crippen molar-refractivity contribution in [3.8, 4) is 0 Å². The average molecular weight is 419 g/mol. The molecule has 0 fully saturated rings. The van der Waals surface area contributed by atoms with Crippen molar-refractivity contribution in [2.24, 2.45) is 0 Å². The molecule has 0 bridgehead atoms. The largest absolute Gasteiger partial charge is 0.352 e. The number of nitro benzene ring substituents is 1. The van der Waals surface area contributed by atoms with Gasteiger partial charge in [-0.3, -0.25) is 14.9 Å². The standard InChI is InChI=1S/C25H42N2O3/c1-2-3-4-5-6-7-8-9-10-11-12-13-14-15-16-17-22-26-25(28)23-18-20-24(21-19-23)27(29)30/h18-21H,2-17,22H2,1H3,(H,26,28). The summed E-state index contributed by atoms with van der Waals surface area (Å²) in [5, 5.41) is 13.5. The second-order valence-corrected chi connectivity index (χ2v) is 8.36. The zero-order chi connectivity index (χ0) is 21.9. The summed E-state index contributed by atoms with van der Waals surface area (Å²) in [6.45, 7) is 2.93.